The van der Waals surface area contributed by atoms with E-state index in [-0.39, 0.29) is 24.7 Å². The summed E-state index contributed by atoms with van der Waals surface area (Å²) in [4.78, 5) is 23.7. The van der Waals surface area contributed by atoms with Crippen LogP contribution in [0, 0.1) is 6.92 Å². The summed E-state index contributed by atoms with van der Waals surface area (Å²) in [7, 11) is 3.11. The molecule has 0 radical (unpaired) electrons. The predicted octanol–water partition coefficient (Wildman–Crippen LogP) is 2.88. The zero-order valence-electron chi connectivity index (χ0n) is 15.6. The molecule has 0 heterocycles. The first-order valence-electron chi connectivity index (χ1n) is 8.42. The van der Waals surface area contributed by atoms with E-state index in [0.29, 0.717) is 22.7 Å². The molecule has 27 heavy (non-hydrogen) atoms. The third-order valence-electron chi connectivity index (χ3n) is 3.74. The van der Waals surface area contributed by atoms with E-state index in [2.05, 4.69) is 15.8 Å². The molecular formula is C20H23N3O4. The number of methoxy groups -OCH3 is 2. The van der Waals surface area contributed by atoms with Crippen molar-refractivity contribution in [3.05, 3.63) is 53.6 Å². The van der Waals surface area contributed by atoms with E-state index in [1.54, 1.807) is 32.4 Å². The molecular weight excluding hydrogens is 346 g/mol. The highest BCUT2D eigenvalue weighted by atomic mass is 16.5. The summed E-state index contributed by atoms with van der Waals surface area (Å²) in [5, 5.41) is 6.65. The van der Waals surface area contributed by atoms with Gasteiger partial charge in [0.2, 0.25) is 11.8 Å². The number of hydrogen-bond acceptors (Lipinski definition) is 5. The fourth-order valence-electron chi connectivity index (χ4n) is 2.26. The number of hydrogen-bond donors (Lipinski definition) is 2. The lowest BCUT2D eigenvalue weighted by molar-refractivity contribution is -0.124. The highest BCUT2D eigenvalue weighted by Crippen LogP contribution is 2.22. The molecule has 0 unspecified atom stereocenters. The Kier molecular flexibility index (Phi) is 7.37. The van der Waals surface area contributed by atoms with Gasteiger partial charge < -0.3 is 14.8 Å². The normalized spacial score (nSPS) is 10.5. The smallest absolute Gasteiger partial charge is 0.240 e. The second kappa shape index (κ2) is 9.96. The fourth-order valence-corrected chi connectivity index (χ4v) is 2.26. The van der Waals surface area contributed by atoms with E-state index in [4.69, 9.17) is 9.47 Å². The summed E-state index contributed by atoms with van der Waals surface area (Å²) >= 11 is 0. The van der Waals surface area contributed by atoms with E-state index in [1.165, 1.54) is 6.21 Å². The summed E-state index contributed by atoms with van der Waals surface area (Å²) < 4.78 is 10.4. The minimum absolute atomic E-state index is 0.0320. The third-order valence-corrected chi connectivity index (χ3v) is 3.74. The van der Waals surface area contributed by atoms with Crippen molar-refractivity contribution >= 4 is 23.7 Å². The Morgan fingerprint density at radius 1 is 1.00 bits per heavy atom. The molecule has 0 aliphatic heterocycles. The maximum Gasteiger partial charge on any atom is 0.240 e. The van der Waals surface area contributed by atoms with Crippen LogP contribution < -0.4 is 20.2 Å². The predicted molar refractivity (Wildman–Crippen MR) is 104 cm³/mol. The summed E-state index contributed by atoms with van der Waals surface area (Å²) in [6.45, 7) is 1.97. The SMILES string of the molecule is COc1ccc(OC)c(C=NNC(=O)CCC(=O)Nc2ccc(C)cc2)c1. The molecule has 0 aromatic heterocycles. The molecule has 2 amide bonds. The number of amides is 2. The minimum Gasteiger partial charge on any atom is -0.497 e. The van der Waals surface area contributed by atoms with Crippen molar-refractivity contribution in [3.63, 3.8) is 0 Å². The van der Waals surface area contributed by atoms with Gasteiger partial charge in [-0.3, -0.25) is 9.59 Å². The Bertz CT molecular complexity index is 816. The van der Waals surface area contributed by atoms with Crippen molar-refractivity contribution in [1.82, 2.24) is 5.43 Å². The second-order valence-electron chi connectivity index (χ2n) is 5.82. The average Bonchev–Trinajstić information content (AvgIpc) is 2.68. The fraction of sp³-hybridized carbons (Fsp3) is 0.250. The van der Waals surface area contributed by atoms with Crippen molar-refractivity contribution in [3.8, 4) is 11.5 Å². The first kappa shape index (κ1) is 20.0. The zero-order valence-corrected chi connectivity index (χ0v) is 15.6. The van der Waals surface area contributed by atoms with Gasteiger partial charge in [-0.25, -0.2) is 5.43 Å². The van der Waals surface area contributed by atoms with Crippen molar-refractivity contribution in [2.75, 3.05) is 19.5 Å². The van der Waals surface area contributed by atoms with E-state index >= 15 is 0 Å². The molecule has 142 valence electrons. The van der Waals surface area contributed by atoms with Gasteiger partial charge in [0.25, 0.3) is 0 Å². The Balaban J connectivity index is 1.81. The Morgan fingerprint density at radius 3 is 2.37 bits per heavy atom. The number of anilines is 1. The Morgan fingerprint density at radius 2 is 1.70 bits per heavy atom. The first-order valence-corrected chi connectivity index (χ1v) is 8.42. The highest BCUT2D eigenvalue weighted by Gasteiger charge is 2.07. The van der Waals surface area contributed by atoms with E-state index in [1.807, 2.05) is 31.2 Å². The van der Waals surface area contributed by atoms with Gasteiger partial charge in [0.1, 0.15) is 11.5 Å². The molecule has 0 saturated heterocycles. The molecule has 0 saturated carbocycles. The van der Waals surface area contributed by atoms with E-state index in [0.717, 1.165) is 5.56 Å². The minimum atomic E-state index is -0.354. The number of carbonyl (C=O) groups is 2. The highest BCUT2D eigenvalue weighted by molar-refractivity contribution is 5.93. The topological polar surface area (TPSA) is 89.0 Å². The molecule has 0 atom stereocenters. The van der Waals surface area contributed by atoms with E-state index in [9.17, 15) is 9.59 Å². The molecule has 0 aliphatic carbocycles. The number of aryl methyl sites for hydroxylation is 1. The monoisotopic (exact) mass is 369 g/mol. The van der Waals surface area contributed by atoms with Crippen LogP contribution in [0.4, 0.5) is 5.69 Å². The van der Waals surface area contributed by atoms with Crippen LogP contribution in [0.5, 0.6) is 11.5 Å². The number of hydrazone groups is 1. The molecule has 7 nitrogen and oxygen atoms in total. The summed E-state index contributed by atoms with van der Waals surface area (Å²) in [5.41, 5.74) is 4.87. The summed E-state index contributed by atoms with van der Waals surface area (Å²) in [6.07, 6.45) is 1.56. The lowest BCUT2D eigenvalue weighted by Gasteiger charge is -2.07. The van der Waals surface area contributed by atoms with Gasteiger partial charge in [-0.15, -0.1) is 0 Å². The van der Waals surface area contributed by atoms with Crippen LogP contribution in [-0.4, -0.2) is 32.2 Å². The molecule has 0 spiro atoms. The average molecular weight is 369 g/mol. The quantitative estimate of drug-likeness (QED) is 0.553. The van der Waals surface area contributed by atoms with Gasteiger partial charge in [-0.1, -0.05) is 17.7 Å². The van der Waals surface area contributed by atoms with Crippen molar-refractivity contribution in [2.24, 2.45) is 5.10 Å². The number of nitrogens with one attached hydrogen (secondary N) is 2. The van der Waals surface area contributed by atoms with Gasteiger partial charge in [-0.05, 0) is 37.3 Å². The van der Waals surface area contributed by atoms with Crippen LogP contribution in [0.15, 0.2) is 47.6 Å². The molecule has 2 rings (SSSR count). The largest absolute Gasteiger partial charge is 0.497 e. The van der Waals surface area contributed by atoms with Gasteiger partial charge in [0.05, 0.1) is 20.4 Å². The standard InChI is InChI=1S/C20H23N3O4/c1-14-4-6-16(7-5-14)22-19(24)10-11-20(25)23-21-13-15-12-17(26-2)8-9-18(15)27-3/h4-9,12-13H,10-11H2,1-3H3,(H,22,24)(H,23,25). The number of carbonyl (C=O) groups excluding carboxylic acids is 2. The lowest BCUT2D eigenvalue weighted by Crippen LogP contribution is -2.20. The zero-order chi connectivity index (χ0) is 19.6. The maximum absolute atomic E-state index is 11.9. The second-order valence-corrected chi connectivity index (χ2v) is 5.82. The Labute approximate surface area is 158 Å². The van der Waals surface area contributed by atoms with Gasteiger partial charge in [0.15, 0.2) is 0 Å². The molecule has 2 N–H and O–H groups in total. The molecule has 0 aliphatic rings. The molecule has 0 fully saturated rings. The lowest BCUT2D eigenvalue weighted by atomic mass is 10.2. The number of nitrogens with zero attached hydrogens (tertiary/aromatic N) is 1. The van der Waals surface area contributed by atoms with Gasteiger partial charge in [-0.2, -0.15) is 5.10 Å². The molecule has 7 heteroatoms. The molecule has 2 aromatic carbocycles. The van der Waals surface area contributed by atoms with Crippen molar-refractivity contribution in [1.29, 1.82) is 0 Å². The van der Waals surface area contributed by atoms with Crippen LogP contribution in [0.2, 0.25) is 0 Å². The maximum atomic E-state index is 11.9. The molecule has 2 aromatic rings. The summed E-state index contributed by atoms with van der Waals surface area (Å²) in [5.74, 6) is 0.669. The van der Waals surface area contributed by atoms with Crippen LogP contribution >= 0.6 is 0 Å². The molecule has 0 bridgehead atoms. The van der Waals surface area contributed by atoms with Crippen LogP contribution in [0.3, 0.4) is 0 Å². The van der Waals surface area contributed by atoms with Crippen molar-refractivity contribution < 1.29 is 19.1 Å². The van der Waals surface area contributed by atoms with Crippen LogP contribution in [-0.2, 0) is 9.59 Å². The van der Waals surface area contributed by atoms with Crippen molar-refractivity contribution in [2.45, 2.75) is 19.8 Å². The number of rotatable bonds is 8. The first-order chi connectivity index (χ1) is 13.0. The van der Waals surface area contributed by atoms with Gasteiger partial charge >= 0.3 is 0 Å². The number of ether oxygens (including phenoxy) is 2. The summed E-state index contributed by atoms with van der Waals surface area (Å²) in [6, 6.07) is 12.7. The van der Waals surface area contributed by atoms with Gasteiger partial charge in [0, 0.05) is 24.1 Å². The van der Waals surface area contributed by atoms with Crippen LogP contribution in [0.25, 0.3) is 0 Å². The number of benzene rings is 2. The Hall–Kier alpha value is -3.35. The third kappa shape index (κ3) is 6.47. The van der Waals surface area contributed by atoms with Crippen LogP contribution in [0.1, 0.15) is 24.0 Å². The van der Waals surface area contributed by atoms with E-state index < -0.39 is 0 Å².